The molecule has 0 atom stereocenters. The maximum atomic E-state index is 8.84. The average Bonchev–Trinajstić information content (AvgIpc) is 2.67. The summed E-state index contributed by atoms with van der Waals surface area (Å²) in [6, 6.07) is 10.2. The fraction of sp³-hybridized carbons (Fsp3) is 0.182. The molecule has 0 amide bonds. The monoisotopic (exact) mass is 188 g/mol. The summed E-state index contributed by atoms with van der Waals surface area (Å²) in [4.78, 5) is 4.04. The molecule has 1 heterocycles. The SMILES string of the molecule is OCc1cn(Cc2ccccc2)cn1. The van der Waals surface area contributed by atoms with E-state index in [1.54, 1.807) is 6.33 Å². The average molecular weight is 188 g/mol. The molecule has 1 aromatic heterocycles. The molecule has 0 unspecified atom stereocenters. The van der Waals surface area contributed by atoms with Gasteiger partial charge in [-0.1, -0.05) is 30.3 Å². The number of nitrogens with zero attached hydrogens (tertiary/aromatic N) is 2. The van der Waals surface area contributed by atoms with Crippen LogP contribution in [0.4, 0.5) is 0 Å². The third kappa shape index (κ3) is 2.00. The Hall–Kier alpha value is -1.61. The van der Waals surface area contributed by atoms with Gasteiger partial charge in [-0.25, -0.2) is 4.98 Å². The van der Waals surface area contributed by atoms with Crippen LogP contribution < -0.4 is 0 Å². The molecule has 0 radical (unpaired) electrons. The van der Waals surface area contributed by atoms with E-state index in [4.69, 9.17) is 5.11 Å². The van der Waals surface area contributed by atoms with Crippen molar-refractivity contribution in [2.45, 2.75) is 13.2 Å². The Labute approximate surface area is 82.7 Å². The van der Waals surface area contributed by atoms with E-state index in [9.17, 15) is 0 Å². The molecule has 0 saturated carbocycles. The van der Waals surface area contributed by atoms with E-state index < -0.39 is 0 Å². The summed E-state index contributed by atoms with van der Waals surface area (Å²) in [5, 5.41) is 8.84. The van der Waals surface area contributed by atoms with Gasteiger partial charge in [-0.3, -0.25) is 0 Å². The summed E-state index contributed by atoms with van der Waals surface area (Å²) in [5.41, 5.74) is 1.94. The number of benzene rings is 1. The summed E-state index contributed by atoms with van der Waals surface area (Å²) in [5.74, 6) is 0. The highest BCUT2D eigenvalue weighted by atomic mass is 16.3. The van der Waals surface area contributed by atoms with Gasteiger partial charge in [0.05, 0.1) is 18.6 Å². The van der Waals surface area contributed by atoms with Gasteiger partial charge in [-0.2, -0.15) is 0 Å². The largest absolute Gasteiger partial charge is 0.390 e. The lowest BCUT2D eigenvalue weighted by atomic mass is 10.2. The van der Waals surface area contributed by atoms with E-state index >= 15 is 0 Å². The van der Waals surface area contributed by atoms with Crippen LogP contribution in [0.1, 0.15) is 11.3 Å². The topological polar surface area (TPSA) is 38.0 Å². The molecule has 0 aliphatic rings. The highest BCUT2D eigenvalue weighted by Gasteiger charge is 1.97. The van der Waals surface area contributed by atoms with Crippen molar-refractivity contribution in [1.29, 1.82) is 0 Å². The lowest BCUT2D eigenvalue weighted by Gasteiger charge is -2.00. The van der Waals surface area contributed by atoms with Crippen molar-refractivity contribution in [3.8, 4) is 0 Å². The molecule has 0 aliphatic heterocycles. The third-order valence-corrected chi connectivity index (χ3v) is 2.06. The first-order chi connectivity index (χ1) is 6.88. The molecule has 2 aromatic rings. The van der Waals surface area contributed by atoms with Crippen LogP contribution in [0, 0.1) is 0 Å². The van der Waals surface area contributed by atoms with Crippen LogP contribution in [0.15, 0.2) is 42.9 Å². The molecular formula is C11H12N2O. The van der Waals surface area contributed by atoms with E-state index in [1.807, 2.05) is 29.0 Å². The lowest BCUT2D eigenvalue weighted by Crippen LogP contribution is -1.95. The second-order valence-corrected chi connectivity index (χ2v) is 3.18. The second kappa shape index (κ2) is 4.07. The predicted octanol–water partition coefficient (Wildman–Crippen LogP) is 1.42. The number of imidazole rings is 1. The van der Waals surface area contributed by atoms with E-state index in [0.717, 1.165) is 6.54 Å². The van der Waals surface area contributed by atoms with Crippen molar-refractivity contribution in [3.05, 3.63) is 54.1 Å². The van der Waals surface area contributed by atoms with Gasteiger partial charge in [0.1, 0.15) is 0 Å². The number of hydrogen-bond acceptors (Lipinski definition) is 2. The van der Waals surface area contributed by atoms with Gasteiger partial charge in [-0.15, -0.1) is 0 Å². The maximum absolute atomic E-state index is 8.84. The van der Waals surface area contributed by atoms with Crippen molar-refractivity contribution in [2.75, 3.05) is 0 Å². The van der Waals surface area contributed by atoms with Gasteiger partial charge in [0.15, 0.2) is 0 Å². The van der Waals surface area contributed by atoms with Crippen LogP contribution in [0.5, 0.6) is 0 Å². The minimum absolute atomic E-state index is 0.00178. The zero-order valence-electron chi connectivity index (χ0n) is 7.80. The maximum Gasteiger partial charge on any atom is 0.0953 e. The van der Waals surface area contributed by atoms with Gasteiger partial charge >= 0.3 is 0 Å². The van der Waals surface area contributed by atoms with Gasteiger partial charge < -0.3 is 9.67 Å². The fourth-order valence-electron chi connectivity index (χ4n) is 1.37. The zero-order valence-corrected chi connectivity index (χ0v) is 7.80. The number of aliphatic hydroxyl groups excluding tert-OH is 1. The van der Waals surface area contributed by atoms with Crippen molar-refractivity contribution >= 4 is 0 Å². The van der Waals surface area contributed by atoms with Crippen LogP contribution in [0.25, 0.3) is 0 Å². The summed E-state index contributed by atoms with van der Waals surface area (Å²) < 4.78 is 1.96. The summed E-state index contributed by atoms with van der Waals surface area (Å²) in [6.07, 6.45) is 3.59. The van der Waals surface area contributed by atoms with Crippen LogP contribution in [0.2, 0.25) is 0 Å². The number of aliphatic hydroxyl groups is 1. The Morgan fingerprint density at radius 2 is 2.00 bits per heavy atom. The summed E-state index contributed by atoms with van der Waals surface area (Å²) in [6.45, 7) is 0.801. The Morgan fingerprint density at radius 3 is 2.64 bits per heavy atom. The molecule has 3 heteroatoms. The predicted molar refractivity (Wildman–Crippen MR) is 53.7 cm³/mol. The molecule has 0 spiro atoms. The first-order valence-electron chi connectivity index (χ1n) is 4.54. The quantitative estimate of drug-likeness (QED) is 0.791. The van der Waals surface area contributed by atoms with E-state index in [-0.39, 0.29) is 6.61 Å². The highest BCUT2D eigenvalue weighted by molar-refractivity contribution is 5.15. The van der Waals surface area contributed by atoms with Gasteiger partial charge in [0.2, 0.25) is 0 Å². The molecular weight excluding hydrogens is 176 g/mol. The fourth-order valence-corrected chi connectivity index (χ4v) is 1.37. The minimum atomic E-state index is 0.00178. The van der Waals surface area contributed by atoms with Crippen molar-refractivity contribution in [3.63, 3.8) is 0 Å². The molecule has 0 fully saturated rings. The first-order valence-corrected chi connectivity index (χ1v) is 4.54. The molecule has 1 N–H and O–H groups in total. The van der Waals surface area contributed by atoms with Gasteiger partial charge in [0.25, 0.3) is 0 Å². The Morgan fingerprint density at radius 1 is 1.21 bits per heavy atom. The Balaban J connectivity index is 2.11. The Bertz CT molecular complexity index is 395. The standard InChI is InChI=1S/C11H12N2O/c14-8-11-7-13(9-12-11)6-10-4-2-1-3-5-10/h1-5,7,9,14H,6,8H2. The van der Waals surface area contributed by atoms with Crippen LogP contribution in [0.3, 0.4) is 0 Å². The molecule has 0 bridgehead atoms. The minimum Gasteiger partial charge on any atom is -0.390 e. The Kier molecular flexibility index (Phi) is 2.60. The zero-order chi connectivity index (χ0) is 9.80. The van der Waals surface area contributed by atoms with Crippen molar-refractivity contribution in [2.24, 2.45) is 0 Å². The molecule has 1 aromatic carbocycles. The smallest absolute Gasteiger partial charge is 0.0953 e. The molecule has 0 aliphatic carbocycles. The van der Waals surface area contributed by atoms with Gasteiger partial charge in [0, 0.05) is 12.7 Å². The third-order valence-electron chi connectivity index (χ3n) is 2.06. The molecule has 72 valence electrons. The van der Waals surface area contributed by atoms with Crippen LogP contribution in [-0.2, 0) is 13.2 Å². The summed E-state index contributed by atoms with van der Waals surface area (Å²) >= 11 is 0. The first kappa shape index (κ1) is 8.97. The molecule has 14 heavy (non-hydrogen) atoms. The van der Waals surface area contributed by atoms with E-state index in [1.165, 1.54) is 5.56 Å². The van der Waals surface area contributed by atoms with Gasteiger partial charge in [-0.05, 0) is 5.56 Å². The van der Waals surface area contributed by atoms with Crippen molar-refractivity contribution in [1.82, 2.24) is 9.55 Å². The van der Waals surface area contributed by atoms with E-state index in [2.05, 4.69) is 17.1 Å². The molecule has 2 rings (SSSR count). The van der Waals surface area contributed by atoms with E-state index in [0.29, 0.717) is 5.69 Å². The second-order valence-electron chi connectivity index (χ2n) is 3.18. The lowest BCUT2D eigenvalue weighted by molar-refractivity contribution is 0.277. The summed E-state index contributed by atoms with van der Waals surface area (Å²) in [7, 11) is 0. The van der Waals surface area contributed by atoms with Crippen molar-refractivity contribution < 1.29 is 5.11 Å². The molecule has 3 nitrogen and oxygen atoms in total. The van der Waals surface area contributed by atoms with Crippen LogP contribution >= 0.6 is 0 Å². The normalized spacial score (nSPS) is 10.4. The number of hydrogen-bond donors (Lipinski definition) is 1. The molecule has 0 saturated heterocycles. The number of rotatable bonds is 3. The number of aromatic nitrogens is 2. The highest BCUT2D eigenvalue weighted by Crippen LogP contribution is 2.03. The van der Waals surface area contributed by atoms with Crippen LogP contribution in [-0.4, -0.2) is 14.7 Å².